The molecule has 0 aliphatic rings. The van der Waals surface area contributed by atoms with Crippen LogP contribution in [0.2, 0.25) is 0 Å². The highest BCUT2D eigenvalue weighted by Gasteiger charge is 2.15. The van der Waals surface area contributed by atoms with Gasteiger partial charge in [0.2, 0.25) is 5.91 Å². The van der Waals surface area contributed by atoms with E-state index < -0.39 is 5.82 Å². The molecule has 0 unspecified atom stereocenters. The van der Waals surface area contributed by atoms with E-state index in [9.17, 15) is 14.0 Å². The Morgan fingerprint density at radius 2 is 1.75 bits per heavy atom. The quantitative estimate of drug-likeness (QED) is 0.511. The average molecular weight is 396 g/mol. The van der Waals surface area contributed by atoms with Gasteiger partial charge < -0.3 is 5.32 Å². The number of benzene rings is 2. The fourth-order valence-corrected chi connectivity index (χ4v) is 3.91. The van der Waals surface area contributed by atoms with Gasteiger partial charge >= 0.3 is 0 Å². The van der Waals surface area contributed by atoms with Gasteiger partial charge in [-0.15, -0.1) is 11.3 Å². The van der Waals surface area contributed by atoms with Crippen molar-refractivity contribution in [2.45, 2.75) is 32.6 Å². The predicted octanol–water partition coefficient (Wildman–Crippen LogP) is 5.50. The van der Waals surface area contributed by atoms with Crippen LogP contribution in [-0.2, 0) is 11.2 Å². The molecule has 1 aromatic heterocycles. The van der Waals surface area contributed by atoms with Crippen LogP contribution in [0.25, 0.3) is 11.3 Å². The molecule has 0 fully saturated rings. The minimum Gasteiger partial charge on any atom is -0.302 e. The van der Waals surface area contributed by atoms with Crippen LogP contribution in [0.1, 0.15) is 41.4 Å². The first-order valence-electron chi connectivity index (χ1n) is 9.20. The van der Waals surface area contributed by atoms with E-state index in [2.05, 4.69) is 17.2 Å². The van der Waals surface area contributed by atoms with Crippen molar-refractivity contribution in [1.29, 1.82) is 0 Å². The summed E-state index contributed by atoms with van der Waals surface area (Å²) in [5.74, 6) is -0.840. The van der Waals surface area contributed by atoms with Crippen LogP contribution in [-0.4, -0.2) is 16.7 Å². The molecule has 0 bridgehead atoms. The number of Topliss-reactive ketones (excluding diaryl/α,β-unsaturated/α-hetero) is 1. The third-order valence-electron chi connectivity index (χ3n) is 4.21. The van der Waals surface area contributed by atoms with Gasteiger partial charge in [0.15, 0.2) is 10.9 Å². The molecule has 4 nitrogen and oxygen atoms in total. The zero-order chi connectivity index (χ0) is 19.9. The molecule has 0 radical (unpaired) electrons. The van der Waals surface area contributed by atoms with Crippen LogP contribution in [0.15, 0.2) is 54.6 Å². The van der Waals surface area contributed by atoms with Gasteiger partial charge in [-0.1, -0.05) is 43.7 Å². The van der Waals surface area contributed by atoms with Crippen molar-refractivity contribution in [2.24, 2.45) is 0 Å². The second-order valence-electron chi connectivity index (χ2n) is 6.39. The molecular formula is C22H21FN2O2S. The summed E-state index contributed by atoms with van der Waals surface area (Å²) in [6.07, 6.45) is 2.00. The van der Waals surface area contributed by atoms with Gasteiger partial charge in [-0.25, -0.2) is 9.37 Å². The smallest absolute Gasteiger partial charge is 0.226 e. The fourth-order valence-electron chi connectivity index (χ4n) is 2.81. The maximum absolute atomic E-state index is 12.9. The van der Waals surface area contributed by atoms with E-state index in [1.54, 1.807) is 0 Å². The lowest BCUT2D eigenvalue weighted by molar-refractivity contribution is -0.116. The first-order chi connectivity index (χ1) is 13.6. The number of hydrogen-bond donors (Lipinski definition) is 1. The molecule has 1 N–H and O–H groups in total. The number of thiazole rings is 1. The monoisotopic (exact) mass is 396 g/mol. The number of halogens is 1. The Morgan fingerprint density at radius 1 is 1.04 bits per heavy atom. The number of anilines is 1. The summed E-state index contributed by atoms with van der Waals surface area (Å²) >= 11 is 1.47. The van der Waals surface area contributed by atoms with E-state index in [0.717, 1.165) is 29.0 Å². The lowest BCUT2D eigenvalue weighted by atomic mass is 10.1. The van der Waals surface area contributed by atoms with Crippen LogP contribution in [0.5, 0.6) is 0 Å². The maximum atomic E-state index is 12.9. The molecule has 1 heterocycles. The summed E-state index contributed by atoms with van der Waals surface area (Å²) in [6.45, 7) is 2.10. The number of aryl methyl sites for hydroxylation is 1. The fraction of sp³-hybridized carbons (Fsp3) is 0.227. The number of hydrogen-bond acceptors (Lipinski definition) is 4. The Labute approximate surface area is 167 Å². The molecule has 3 rings (SSSR count). The molecule has 1 amide bonds. The largest absolute Gasteiger partial charge is 0.302 e. The highest BCUT2D eigenvalue weighted by molar-refractivity contribution is 7.16. The van der Waals surface area contributed by atoms with Crippen LogP contribution in [0.3, 0.4) is 0 Å². The number of ketones is 1. The minimum absolute atomic E-state index is 0.0551. The van der Waals surface area contributed by atoms with E-state index in [0.29, 0.717) is 10.7 Å². The number of nitrogens with one attached hydrogen (secondary N) is 1. The molecule has 3 aromatic rings. The Balaban J connectivity index is 1.63. The summed E-state index contributed by atoms with van der Waals surface area (Å²) < 4.78 is 12.9. The van der Waals surface area contributed by atoms with Crippen LogP contribution in [0, 0.1) is 5.82 Å². The summed E-state index contributed by atoms with van der Waals surface area (Å²) in [4.78, 5) is 30.1. The van der Waals surface area contributed by atoms with Crippen molar-refractivity contribution in [3.63, 3.8) is 0 Å². The van der Waals surface area contributed by atoms with Gasteiger partial charge in [-0.3, -0.25) is 9.59 Å². The highest BCUT2D eigenvalue weighted by atomic mass is 32.1. The highest BCUT2D eigenvalue weighted by Crippen LogP contribution is 2.32. The summed E-state index contributed by atoms with van der Waals surface area (Å²) in [7, 11) is 0. The number of carbonyl (C=O) groups excluding carboxylic acids is 2. The van der Waals surface area contributed by atoms with E-state index in [-0.39, 0.29) is 24.5 Å². The van der Waals surface area contributed by atoms with Crippen molar-refractivity contribution in [1.82, 2.24) is 4.98 Å². The molecule has 28 heavy (non-hydrogen) atoms. The number of amides is 1. The zero-order valence-electron chi connectivity index (χ0n) is 15.6. The first kappa shape index (κ1) is 19.9. The van der Waals surface area contributed by atoms with Gasteiger partial charge in [0.05, 0.1) is 5.69 Å². The van der Waals surface area contributed by atoms with E-state index >= 15 is 0 Å². The van der Waals surface area contributed by atoms with Gasteiger partial charge in [0.25, 0.3) is 0 Å². The van der Waals surface area contributed by atoms with Crippen molar-refractivity contribution < 1.29 is 14.0 Å². The van der Waals surface area contributed by atoms with Gasteiger partial charge in [-0.2, -0.15) is 0 Å². The molecule has 0 aliphatic heterocycles. The Bertz CT molecular complexity index is 952. The summed E-state index contributed by atoms with van der Waals surface area (Å²) in [5.41, 5.74) is 2.32. The minimum atomic E-state index is -0.393. The topological polar surface area (TPSA) is 59.1 Å². The number of aromatic nitrogens is 1. The lowest BCUT2D eigenvalue weighted by Gasteiger charge is -2.02. The first-order valence-corrected chi connectivity index (χ1v) is 10.0. The SMILES string of the molecule is CCCc1sc(NC(=O)CCC(=O)c2ccc(F)cc2)nc1-c1ccccc1. The van der Waals surface area contributed by atoms with Crippen molar-refractivity contribution in [3.05, 3.63) is 70.9 Å². The summed E-state index contributed by atoms with van der Waals surface area (Å²) in [5, 5.41) is 3.35. The van der Waals surface area contributed by atoms with Crippen molar-refractivity contribution in [2.75, 3.05) is 5.32 Å². The molecular weight excluding hydrogens is 375 g/mol. The number of nitrogens with zero attached hydrogens (tertiary/aromatic N) is 1. The molecule has 0 spiro atoms. The van der Waals surface area contributed by atoms with Crippen LogP contribution >= 0.6 is 11.3 Å². The Morgan fingerprint density at radius 3 is 2.43 bits per heavy atom. The molecule has 144 valence electrons. The number of rotatable bonds is 8. The number of carbonyl (C=O) groups is 2. The second-order valence-corrected chi connectivity index (χ2v) is 7.47. The molecule has 0 saturated carbocycles. The molecule has 0 aliphatic carbocycles. The second kappa shape index (κ2) is 9.37. The van der Waals surface area contributed by atoms with Gasteiger partial charge in [-0.05, 0) is 30.7 Å². The maximum Gasteiger partial charge on any atom is 0.226 e. The lowest BCUT2D eigenvalue weighted by Crippen LogP contribution is -2.13. The van der Waals surface area contributed by atoms with E-state index in [1.165, 1.54) is 35.6 Å². The van der Waals surface area contributed by atoms with E-state index in [1.807, 2.05) is 30.3 Å². The molecule has 0 saturated heterocycles. The zero-order valence-corrected chi connectivity index (χ0v) is 16.4. The molecule has 6 heteroatoms. The third-order valence-corrected chi connectivity index (χ3v) is 5.24. The summed E-state index contributed by atoms with van der Waals surface area (Å²) in [6, 6.07) is 15.2. The van der Waals surface area contributed by atoms with Crippen LogP contribution < -0.4 is 5.32 Å². The predicted molar refractivity (Wildman–Crippen MR) is 110 cm³/mol. The standard InChI is InChI=1S/C22H21FN2O2S/c1-2-6-19-21(16-7-4-3-5-8-16)25-22(28-19)24-20(27)14-13-18(26)15-9-11-17(23)12-10-15/h3-5,7-12H,2,6,13-14H2,1H3,(H,24,25,27). The average Bonchev–Trinajstić information content (AvgIpc) is 3.10. The third kappa shape index (κ3) is 5.10. The van der Waals surface area contributed by atoms with Crippen LogP contribution in [0.4, 0.5) is 9.52 Å². The van der Waals surface area contributed by atoms with Gasteiger partial charge in [0, 0.05) is 28.8 Å². The van der Waals surface area contributed by atoms with Crippen molar-refractivity contribution in [3.8, 4) is 11.3 Å². The Kier molecular flexibility index (Phi) is 6.66. The molecule has 0 atom stereocenters. The van der Waals surface area contributed by atoms with E-state index in [4.69, 9.17) is 0 Å². The van der Waals surface area contributed by atoms with Crippen molar-refractivity contribution >= 4 is 28.2 Å². The molecule has 2 aromatic carbocycles. The van der Waals surface area contributed by atoms with Gasteiger partial charge in [0.1, 0.15) is 5.82 Å². The Hall–Kier alpha value is -2.86. The normalized spacial score (nSPS) is 10.6.